The lowest BCUT2D eigenvalue weighted by Crippen LogP contribution is -2.08. The lowest BCUT2D eigenvalue weighted by Gasteiger charge is -2.04. The molecule has 0 amide bonds. The van der Waals surface area contributed by atoms with E-state index in [1.165, 1.54) is 4.57 Å². The zero-order chi connectivity index (χ0) is 15.4. The predicted octanol–water partition coefficient (Wildman–Crippen LogP) is 3.73. The Hall–Kier alpha value is -2.88. The summed E-state index contributed by atoms with van der Waals surface area (Å²) in [5, 5.41) is 10.5. The molecular formula is C18H14N2O2. The minimum atomic E-state index is -0.232. The van der Waals surface area contributed by atoms with Crippen LogP contribution in [0.25, 0.3) is 22.4 Å². The molecule has 1 N–H and O–H groups in total. The van der Waals surface area contributed by atoms with Crippen molar-refractivity contribution in [2.24, 2.45) is 0 Å². The van der Waals surface area contributed by atoms with E-state index in [0.717, 1.165) is 22.2 Å². The monoisotopic (exact) mass is 290 g/mol. The highest BCUT2D eigenvalue weighted by atomic mass is 16.3. The van der Waals surface area contributed by atoms with E-state index in [-0.39, 0.29) is 11.7 Å². The van der Waals surface area contributed by atoms with Crippen molar-refractivity contribution >= 4 is 28.3 Å². The molecule has 0 aliphatic carbocycles. The lowest BCUT2D eigenvalue weighted by atomic mass is 10.1. The smallest absolute Gasteiger partial charge is 0.268 e. The topological polar surface area (TPSA) is 55.1 Å². The van der Waals surface area contributed by atoms with Crippen LogP contribution in [0, 0.1) is 13.8 Å². The fraction of sp³-hybridized carbons (Fsp3) is 0.111. The number of imidazole rings is 1. The van der Waals surface area contributed by atoms with Crippen molar-refractivity contribution in [3.05, 3.63) is 65.0 Å². The zero-order valence-corrected chi connectivity index (χ0v) is 12.3. The first-order valence-corrected chi connectivity index (χ1v) is 7.11. The van der Waals surface area contributed by atoms with Crippen molar-refractivity contribution in [3.8, 4) is 0 Å². The van der Waals surface area contributed by atoms with E-state index >= 15 is 0 Å². The van der Waals surface area contributed by atoms with E-state index in [1.54, 1.807) is 0 Å². The maximum atomic E-state index is 12.8. The molecule has 0 saturated carbocycles. The number of aromatic nitrogens is 2. The van der Waals surface area contributed by atoms with Crippen LogP contribution < -0.4 is 0 Å². The summed E-state index contributed by atoms with van der Waals surface area (Å²) >= 11 is 0. The lowest BCUT2D eigenvalue weighted by molar-refractivity contribution is 0.0988. The van der Waals surface area contributed by atoms with Gasteiger partial charge in [0.15, 0.2) is 11.6 Å². The van der Waals surface area contributed by atoms with Gasteiger partial charge in [0, 0.05) is 0 Å². The third kappa shape index (κ3) is 1.58. The number of carbonyl (C=O) groups excluding carboxylic acids is 1. The summed E-state index contributed by atoms with van der Waals surface area (Å²) in [5.41, 5.74) is 4.68. The molecular weight excluding hydrogens is 276 g/mol. The van der Waals surface area contributed by atoms with Crippen LogP contribution in [0.2, 0.25) is 0 Å². The number of carbonyl (C=O) groups is 1. The number of fused-ring (bicyclic) bond motifs is 3. The largest absolute Gasteiger partial charge is 0.504 e. The molecule has 0 saturated heterocycles. The summed E-state index contributed by atoms with van der Waals surface area (Å²) in [6.45, 7) is 4.01. The first kappa shape index (κ1) is 12.8. The molecule has 0 spiro atoms. The van der Waals surface area contributed by atoms with Gasteiger partial charge in [0.1, 0.15) is 0 Å². The molecule has 2 aromatic carbocycles. The van der Waals surface area contributed by atoms with E-state index in [9.17, 15) is 9.90 Å². The fourth-order valence-corrected chi connectivity index (χ4v) is 2.89. The van der Waals surface area contributed by atoms with E-state index in [1.807, 2.05) is 56.3 Å². The molecule has 1 aromatic heterocycles. The van der Waals surface area contributed by atoms with Crippen molar-refractivity contribution in [3.63, 3.8) is 0 Å². The highest BCUT2D eigenvalue weighted by molar-refractivity contribution is 6.31. The summed E-state index contributed by atoms with van der Waals surface area (Å²) in [6.07, 6.45) is 0. The van der Waals surface area contributed by atoms with E-state index in [0.29, 0.717) is 17.0 Å². The van der Waals surface area contributed by atoms with Crippen molar-refractivity contribution < 1.29 is 9.90 Å². The van der Waals surface area contributed by atoms with Gasteiger partial charge in [0.2, 0.25) is 0 Å². The van der Waals surface area contributed by atoms with Gasteiger partial charge in [-0.15, -0.1) is 0 Å². The molecule has 1 aliphatic rings. The van der Waals surface area contributed by atoms with Crippen LogP contribution in [0.1, 0.15) is 27.3 Å². The zero-order valence-electron chi connectivity index (χ0n) is 12.3. The van der Waals surface area contributed by atoms with Crippen molar-refractivity contribution in [2.45, 2.75) is 13.8 Å². The highest BCUT2D eigenvalue weighted by Gasteiger charge is 2.33. The predicted molar refractivity (Wildman–Crippen MR) is 85.7 cm³/mol. The van der Waals surface area contributed by atoms with Gasteiger partial charge in [-0.2, -0.15) is 0 Å². The summed E-state index contributed by atoms with van der Waals surface area (Å²) in [6, 6.07) is 13.1. The maximum absolute atomic E-state index is 12.8. The molecule has 3 aromatic rings. The van der Waals surface area contributed by atoms with Crippen LogP contribution in [0.3, 0.4) is 0 Å². The summed E-state index contributed by atoms with van der Waals surface area (Å²) in [5.74, 6) is 0.0380. The van der Waals surface area contributed by atoms with Gasteiger partial charge in [0.05, 0.1) is 16.6 Å². The Balaban J connectivity index is 2.00. The van der Waals surface area contributed by atoms with Gasteiger partial charge in [-0.1, -0.05) is 30.3 Å². The maximum Gasteiger partial charge on any atom is 0.268 e. The quantitative estimate of drug-likeness (QED) is 0.743. The minimum absolute atomic E-state index is 0.0530. The SMILES string of the molecule is Cc1cc2nc3n(c2cc1C)C(=O)C(c1ccccc1)=C3O. The molecule has 0 radical (unpaired) electrons. The van der Waals surface area contributed by atoms with Gasteiger partial charge in [0.25, 0.3) is 5.91 Å². The van der Waals surface area contributed by atoms with Crippen LogP contribution in [-0.4, -0.2) is 20.6 Å². The van der Waals surface area contributed by atoms with Crippen molar-refractivity contribution in [2.75, 3.05) is 0 Å². The fourth-order valence-electron chi connectivity index (χ4n) is 2.89. The Morgan fingerprint density at radius 3 is 2.45 bits per heavy atom. The molecule has 1 aliphatic heterocycles. The number of benzene rings is 2. The Morgan fingerprint density at radius 2 is 1.73 bits per heavy atom. The summed E-state index contributed by atoms with van der Waals surface area (Å²) < 4.78 is 1.50. The average molecular weight is 290 g/mol. The second-order valence-electron chi connectivity index (χ2n) is 5.59. The van der Waals surface area contributed by atoms with E-state index in [2.05, 4.69) is 4.98 Å². The molecule has 0 fully saturated rings. The number of hydrogen-bond acceptors (Lipinski definition) is 3. The number of aliphatic hydroxyl groups is 1. The molecule has 0 unspecified atom stereocenters. The minimum Gasteiger partial charge on any atom is -0.504 e. The Kier molecular flexibility index (Phi) is 2.51. The molecule has 0 bridgehead atoms. The van der Waals surface area contributed by atoms with Crippen LogP contribution in [0.5, 0.6) is 0 Å². The van der Waals surface area contributed by atoms with Crippen LogP contribution in [-0.2, 0) is 0 Å². The molecule has 0 atom stereocenters. The number of rotatable bonds is 1. The Labute approximate surface area is 127 Å². The summed E-state index contributed by atoms with van der Waals surface area (Å²) in [4.78, 5) is 17.2. The number of aryl methyl sites for hydroxylation is 2. The first-order valence-electron chi connectivity index (χ1n) is 7.11. The third-order valence-electron chi connectivity index (χ3n) is 4.20. The van der Waals surface area contributed by atoms with Gasteiger partial charge < -0.3 is 5.11 Å². The van der Waals surface area contributed by atoms with Gasteiger partial charge in [-0.05, 0) is 42.7 Å². The molecule has 4 rings (SSSR count). The van der Waals surface area contributed by atoms with Crippen LogP contribution >= 0.6 is 0 Å². The molecule has 22 heavy (non-hydrogen) atoms. The van der Waals surface area contributed by atoms with Crippen LogP contribution in [0.4, 0.5) is 0 Å². The number of nitrogens with zero attached hydrogens (tertiary/aromatic N) is 2. The van der Waals surface area contributed by atoms with Gasteiger partial charge in [-0.3, -0.25) is 9.36 Å². The molecule has 108 valence electrons. The highest BCUT2D eigenvalue weighted by Crippen LogP contribution is 2.35. The number of aliphatic hydroxyl groups excluding tert-OH is 1. The third-order valence-corrected chi connectivity index (χ3v) is 4.20. The van der Waals surface area contributed by atoms with Gasteiger partial charge >= 0.3 is 0 Å². The second kappa shape index (κ2) is 4.31. The normalized spacial score (nSPS) is 14.0. The van der Waals surface area contributed by atoms with Gasteiger partial charge in [-0.25, -0.2) is 4.98 Å². The second-order valence-corrected chi connectivity index (χ2v) is 5.59. The van der Waals surface area contributed by atoms with Crippen molar-refractivity contribution in [1.82, 2.24) is 9.55 Å². The standard InChI is InChI=1S/C18H14N2O2/c1-10-8-13-14(9-11(10)2)20-17(19-13)16(21)15(18(20)22)12-6-4-3-5-7-12/h3-9,21H,1-2H3. The van der Waals surface area contributed by atoms with Crippen molar-refractivity contribution in [1.29, 1.82) is 0 Å². The van der Waals surface area contributed by atoms with E-state index < -0.39 is 0 Å². The Bertz CT molecular complexity index is 966. The molecule has 4 heteroatoms. The number of hydrogen-bond donors (Lipinski definition) is 1. The first-order chi connectivity index (χ1) is 10.6. The molecule has 4 nitrogen and oxygen atoms in total. The summed E-state index contributed by atoms with van der Waals surface area (Å²) in [7, 11) is 0. The van der Waals surface area contributed by atoms with Crippen LogP contribution in [0.15, 0.2) is 42.5 Å². The Morgan fingerprint density at radius 1 is 1.05 bits per heavy atom. The number of allylic oxidation sites excluding steroid dienone is 1. The molecule has 2 heterocycles. The van der Waals surface area contributed by atoms with E-state index in [4.69, 9.17) is 0 Å². The average Bonchev–Trinajstić information content (AvgIpc) is 2.97.